The maximum atomic E-state index is 6.75. The Bertz CT molecular complexity index is 2980. The largest absolute Gasteiger partial charge is 0.455 e. The van der Waals surface area contributed by atoms with Gasteiger partial charge in [-0.2, -0.15) is 0 Å². The van der Waals surface area contributed by atoms with Gasteiger partial charge in [0.05, 0.1) is 22.8 Å². The lowest BCUT2D eigenvalue weighted by Gasteiger charge is -2.09. The molecule has 0 aliphatic rings. The summed E-state index contributed by atoms with van der Waals surface area (Å²) in [6, 6.07) is 56.5. The summed E-state index contributed by atoms with van der Waals surface area (Å²) in [4.78, 5) is 38.8. The van der Waals surface area contributed by atoms with Gasteiger partial charge in [0.2, 0.25) is 0 Å². The number of fused-ring (bicyclic) bond motifs is 3. The van der Waals surface area contributed by atoms with Gasteiger partial charge < -0.3 is 4.42 Å². The average molecular weight is 785 g/mol. The first kappa shape index (κ1) is 35.6. The lowest BCUT2D eigenvalue weighted by molar-refractivity contribution is 0.671. The van der Waals surface area contributed by atoms with Crippen LogP contribution in [0.2, 0.25) is 0 Å². The maximum Gasteiger partial charge on any atom is 0.198 e. The van der Waals surface area contributed by atoms with E-state index in [2.05, 4.69) is 12.1 Å². The van der Waals surface area contributed by atoms with Crippen LogP contribution in [0.3, 0.4) is 0 Å². The summed E-state index contributed by atoms with van der Waals surface area (Å²) >= 11 is 0. The van der Waals surface area contributed by atoms with Crippen LogP contribution in [0, 0.1) is 0 Å². The molecule has 0 aliphatic carbocycles. The van der Waals surface area contributed by atoms with Gasteiger partial charge in [-0.3, -0.25) is 0 Å². The van der Waals surface area contributed by atoms with Crippen molar-refractivity contribution in [3.05, 3.63) is 195 Å². The molecule has 0 radical (unpaired) electrons. The van der Waals surface area contributed by atoms with Crippen LogP contribution in [0.15, 0.2) is 199 Å². The Labute approximate surface area is 350 Å². The molecule has 0 bridgehead atoms. The Morgan fingerprint density at radius 3 is 0.902 bits per heavy atom. The van der Waals surface area contributed by atoms with E-state index in [1.165, 1.54) is 0 Å². The third-order valence-corrected chi connectivity index (χ3v) is 10.6. The topological polar surface area (TPSA) is 116 Å². The molecular weight excluding hydrogens is 753 g/mol. The smallest absolute Gasteiger partial charge is 0.198 e. The van der Waals surface area contributed by atoms with Crippen molar-refractivity contribution in [2.24, 2.45) is 0 Å². The number of hydrogen-bond acceptors (Lipinski definition) is 9. The molecule has 11 rings (SSSR count). The van der Waals surface area contributed by atoms with Gasteiger partial charge >= 0.3 is 0 Å². The minimum absolute atomic E-state index is 0.426. The van der Waals surface area contributed by atoms with E-state index in [1.807, 2.05) is 158 Å². The van der Waals surface area contributed by atoms with Crippen LogP contribution in [0.25, 0.3) is 113 Å². The number of rotatable bonds is 8. The van der Waals surface area contributed by atoms with Crippen LogP contribution in [0.1, 0.15) is 0 Å². The van der Waals surface area contributed by atoms with Gasteiger partial charge in [-0.15, -0.1) is 0 Å². The van der Waals surface area contributed by atoms with Gasteiger partial charge in [0.25, 0.3) is 0 Å². The number of hydrogen-bond donors (Lipinski definition) is 0. The molecule has 0 amide bonds. The molecule has 0 aliphatic heterocycles. The summed E-state index contributed by atoms with van der Waals surface area (Å²) in [6.07, 6.45) is 7.21. The normalized spacial score (nSPS) is 11.3. The molecule has 0 N–H and O–H groups in total. The minimum atomic E-state index is 0.426. The van der Waals surface area contributed by atoms with Gasteiger partial charge in [0.1, 0.15) is 11.2 Å². The Hall–Kier alpha value is -8.56. The van der Waals surface area contributed by atoms with Crippen LogP contribution in [-0.4, -0.2) is 39.9 Å². The van der Waals surface area contributed by atoms with Gasteiger partial charge in [0.15, 0.2) is 23.3 Å². The zero-order valence-corrected chi connectivity index (χ0v) is 32.5. The molecule has 6 aromatic carbocycles. The molecule has 0 atom stereocenters. The first-order valence-electron chi connectivity index (χ1n) is 19.8. The highest BCUT2D eigenvalue weighted by Gasteiger charge is 2.19. The molecule has 286 valence electrons. The van der Waals surface area contributed by atoms with Crippen molar-refractivity contribution in [3.8, 4) is 90.6 Å². The van der Waals surface area contributed by atoms with E-state index in [4.69, 9.17) is 44.3 Å². The first-order chi connectivity index (χ1) is 30.2. The zero-order valence-electron chi connectivity index (χ0n) is 32.5. The fourth-order valence-corrected chi connectivity index (χ4v) is 7.56. The van der Waals surface area contributed by atoms with Crippen molar-refractivity contribution >= 4 is 21.9 Å². The quantitative estimate of drug-likeness (QED) is 0.148. The molecule has 11 aromatic rings. The zero-order chi connectivity index (χ0) is 40.5. The van der Waals surface area contributed by atoms with Gasteiger partial charge in [-0.05, 0) is 12.1 Å². The van der Waals surface area contributed by atoms with E-state index in [9.17, 15) is 0 Å². The molecule has 0 saturated heterocycles. The summed E-state index contributed by atoms with van der Waals surface area (Å²) in [5, 5.41) is 1.95. The van der Waals surface area contributed by atoms with E-state index in [-0.39, 0.29) is 0 Å². The second-order valence-electron chi connectivity index (χ2n) is 14.4. The molecule has 0 fully saturated rings. The van der Waals surface area contributed by atoms with Crippen molar-refractivity contribution in [1.82, 2.24) is 39.9 Å². The van der Waals surface area contributed by atoms with E-state index in [0.29, 0.717) is 23.3 Å². The molecule has 9 nitrogen and oxygen atoms in total. The standard InChI is InChI=1S/C52H32N8O/c1-5-15-33(16-6-1)43-27-44(34-17-7-2-8-18-34)58-51(57-43)49-53-29-37(30-54-49)39-23-13-25-41-42-26-14-24-40(48(42)61-47(39)41)38-31-55-50(56-32-38)52-59-45(35-19-9-3-10-20-35)28-46(60-52)36-21-11-4-12-22-36/h1-32H. The van der Waals surface area contributed by atoms with Crippen LogP contribution in [-0.2, 0) is 0 Å². The SMILES string of the molecule is c1ccc(-c2cc(-c3ccccc3)nc(-c3ncc(-c4cccc5c4oc4c(-c6cnc(-c7nc(-c8ccccc8)cc(-c8ccccc8)n7)nc6)cccc45)cn3)n2)cc1. The summed E-state index contributed by atoms with van der Waals surface area (Å²) in [5.74, 6) is 1.74. The summed E-state index contributed by atoms with van der Waals surface area (Å²) in [6.45, 7) is 0. The first-order valence-corrected chi connectivity index (χ1v) is 19.8. The number of nitrogens with zero attached hydrogens (tertiary/aromatic N) is 8. The van der Waals surface area contributed by atoms with Crippen molar-refractivity contribution in [3.63, 3.8) is 0 Å². The summed E-state index contributed by atoms with van der Waals surface area (Å²) in [7, 11) is 0. The van der Waals surface area contributed by atoms with E-state index in [1.54, 1.807) is 24.8 Å². The predicted octanol–water partition coefficient (Wildman–Crippen LogP) is 12.1. The van der Waals surface area contributed by atoms with Crippen molar-refractivity contribution in [1.29, 1.82) is 0 Å². The lowest BCUT2D eigenvalue weighted by atomic mass is 10.0. The third-order valence-electron chi connectivity index (χ3n) is 10.6. The van der Waals surface area contributed by atoms with E-state index in [0.717, 1.165) is 89.2 Å². The van der Waals surface area contributed by atoms with Gasteiger partial charge in [-0.1, -0.05) is 158 Å². The van der Waals surface area contributed by atoms with Crippen LogP contribution in [0.5, 0.6) is 0 Å². The molecule has 0 spiro atoms. The van der Waals surface area contributed by atoms with Crippen LogP contribution in [0.4, 0.5) is 0 Å². The molecule has 5 aromatic heterocycles. The highest BCUT2D eigenvalue weighted by Crippen LogP contribution is 2.40. The fraction of sp³-hybridized carbons (Fsp3) is 0. The highest BCUT2D eigenvalue weighted by atomic mass is 16.3. The number of para-hydroxylation sites is 2. The van der Waals surface area contributed by atoms with Crippen LogP contribution >= 0.6 is 0 Å². The Balaban J connectivity index is 0.941. The lowest BCUT2D eigenvalue weighted by Crippen LogP contribution is -1.99. The molecule has 0 unspecified atom stereocenters. The maximum absolute atomic E-state index is 6.75. The summed E-state index contributed by atoms with van der Waals surface area (Å²) < 4.78 is 6.75. The molecule has 61 heavy (non-hydrogen) atoms. The molecule has 9 heteroatoms. The number of aromatic nitrogens is 8. The predicted molar refractivity (Wildman–Crippen MR) is 240 cm³/mol. The highest BCUT2D eigenvalue weighted by molar-refractivity contribution is 6.12. The third kappa shape index (κ3) is 6.85. The molecular formula is C52H32N8O. The summed E-state index contributed by atoms with van der Waals surface area (Å²) in [5.41, 5.74) is 11.9. The minimum Gasteiger partial charge on any atom is -0.455 e. The van der Waals surface area contributed by atoms with Gasteiger partial charge in [-0.25, -0.2) is 39.9 Å². The van der Waals surface area contributed by atoms with Crippen molar-refractivity contribution in [2.45, 2.75) is 0 Å². The fourth-order valence-electron chi connectivity index (χ4n) is 7.56. The second-order valence-corrected chi connectivity index (χ2v) is 14.4. The average Bonchev–Trinajstić information content (AvgIpc) is 3.74. The Morgan fingerprint density at radius 2 is 0.590 bits per heavy atom. The molecule has 5 heterocycles. The van der Waals surface area contributed by atoms with Crippen LogP contribution < -0.4 is 0 Å². The number of benzene rings is 6. The second kappa shape index (κ2) is 15.3. The van der Waals surface area contributed by atoms with Crippen molar-refractivity contribution in [2.75, 3.05) is 0 Å². The van der Waals surface area contributed by atoms with E-state index >= 15 is 0 Å². The monoisotopic (exact) mass is 784 g/mol. The number of furan rings is 1. The van der Waals surface area contributed by atoms with Crippen molar-refractivity contribution < 1.29 is 4.42 Å². The molecule has 0 saturated carbocycles. The van der Waals surface area contributed by atoms with Gasteiger partial charge in [0, 0.05) is 80.1 Å². The Morgan fingerprint density at radius 1 is 0.279 bits per heavy atom. The Kier molecular flexibility index (Phi) is 8.94. The van der Waals surface area contributed by atoms with E-state index < -0.39 is 0 Å².